The first kappa shape index (κ1) is 12.7. The first-order valence-corrected chi connectivity index (χ1v) is 5.79. The maximum absolute atomic E-state index is 11.3. The quantitative estimate of drug-likeness (QED) is 0.766. The minimum Gasteiger partial charge on any atom is -0.356 e. The van der Waals surface area contributed by atoms with Crippen LogP contribution >= 0.6 is 0 Å². The van der Waals surface area contributed by atoms with E-state index in [1.165, 1.54) is 5.56 Å². The van der Waals surface area contributed by atoms with E-state index in [9.17, 15) is 4.79 Å². The van der Waals surface area contributed by atoms with Crippen LogP contribution in [0.5, 0.6) is 0 Å². The van der Waals surface area contributed by atoms with Crippen molar-refractivity contribution >= 4 is 5.91 Å². The molecule has 3 nitrogen and oxygen atoms in total. The van der Waals surface area contributed by atoms with Crippen LogP contribution in [0, 0.1) is 0 Å². The predicted octanol–water partition coefficient (Wildman–Crippen LogP) is 1.65. The molecule has 88 valence electrons. The van der Waals surface area contributed by atoms with Gasteiger partial charge >= 0.3 is 0 Å². The van der Waals surface area contributed by atoms with Crippen molar-refractivity contribution in [3.63, 3.8) is 0 Å². The second kappa shape index (κ2) is 7.01. The van der Waals surface area contributed by atoms with Crippen molar-refractivity contribution in [1.82, 2.24) is 5.32 Å². The van der Waals surface area contributed by atoms with Crippen molar-refractivity contribution in [1.29, 1.82) is 0 Å². The molecule has 0 fully saturated rings. The molecule has 1 atom stereocenters. The molecular formula is C13H20N2O. The Morgan fingerprint density at radius 3 is 2.62 bits per heavy atom. The molecule has 3 heteroatoms. The Hall–Kier alpha value is -1.35. The van der Waals surface area contributed by atoms with E-state index in [0.29, 0.717) is 19.5 Å². The van der Waals surface area contributed by atoms with Crippen LogP contribution in [0.2, 0.25) is 0 Å². The lowest BCUT2D eigenvalue weighted by atomic mass is 9.94. The Morgan fingerprint density at radius 1 is 1.38 bits per heavy atom. The average molecular weight is 220 g/mol. The molecule has 1 amide bonds. The number of carbonyl (C=O) groups is 1. The van der Waals surface area contributed by atoms with Crippen LogP contribution in [0.4, 0.5) is 0 Å². The summed E-state index contributed by atoms with van der Waals surface area (Å²) < 4.78 is 0. The monoisotopic (exact) mass is 220 g/mol. The predicted molar refractivity (Wildman–Crippen MR) is 66.2 cm³/mol. The van der Waals surface area contributed by atoms with Crippen LogP contribution in [0.15, 0.2) is 30.3 Å². The molecule has 0 saturated carbocycles. The molecule has 3 N–H and O–H groups in total. The highest BCUT2D eigenvalue weighted by Crippen LogP contribution is 2.19. The first-order valence-electron chi connectivity index (χ1n) is 5.79. The summed E-state index contributed by atoms with van der Waals surface area (Å²) in [5.41, 5.74) is 6.95. The van der Waals surface area contributed by atoms with E-state index >= 15 is 0 Å². The number of amides is 1. The second-order valence-electron chi connectivity index (χ2n) is 3.84. The van der Waals surface area contributed by atoms with E-state index < -0.39 is 0 Å². The van der Waals surface area contributed by atoms with Crippen LogP contribution < -0.4 is 11.1 Å². The van der Waals surface area contributed by atoms with Gasteiger partial charge in [-0.05, 0) is 31.4 Å². The van der Waals surface area contributed by atoms with Gasteiger partial charge in [0.05, 0.1) is 0 Å². The van der Waals surface area contributed by atoms with Gasteiger partial charge in [-0.1, -0.05) is 30.3 Å². The van der Waals surface area contributed by atoms with Crippen molar-refractivity contribution in [2.45, 2.75) is 25.7 Å². The Balaban J connectivity index is 2.47. The highest BCUT2D eigenvalue weighted by atomic mass is 16.1. The zero-order valence-electron chi connectivity index (χ0n) is 9.78. The van der Waals surface area contributed by atoms with E-state index in [2.05, 4.69) is 17.4 Å². The average Bonchev–Trinajstić information content (AvgIpc) is 2.31. The molecule has 0 aliphatic heterocycles. The largest absolute Gasteiger partial charge is 0.356 e. The minimum atomic E-state index is 0.108. The van der Waals surface area contributed by atoms with Crippen molar-refractivity contribution in [2.24, 2.45) is 5.73 Å². The molecule has 0 radical (unpaired) electrons. The molecule has 1 rings (SSSR count). The van der Waals surface area contributed by atoms with E-state index in [-0.39, 0.29) is 11.8 Å². The third kappa shape index (κ3) is 4.03. The Kier molecular flexibility index (Phi) is 5.57. The minimum absolute atomic E-state index is 0.108. The number of hydrogen-bond acceptors (Lipinski definition) is 2. The highest BCUT2D eigenvalue weighted by molar-refractivity contribution is 5.75. The van der Waals surface area contributed by atoms with Crippen LogP contribution in [0.1, 0.15) is 31.2 Å². The van der Waals surface area contributed by atoms with Crippen molar-refractivity contribution in [2.75, 3.05) is 13.1 Å². The lowest BCUT2D eigenvalue weighted by molar-refractivity contribution is -0.121. The molecule has 0 bridgehead atoms. The Morgan fingerprint density at radius 2 is 2.06 bits per heavy atom. The molecule has 0 aliphatic carbocycles. The summed E-state index contributed by atoms with van der Waals surface area (Å²) >= 11 is 0. The van der Waals surface area contributed by atoms with Crippen molar-refractivity contribution < 1.29 is 4.79 Å². The topological polar surface area (TPSA) is 55.1 Å². The van der Waals surface area contributed by atoms with Crippen LogP contribution in [0.3, 0.4) is 0 Å². The van der Waals surface area contributed by atoms with Crippen molar-refractivity contribution in [3.05, 3.63) is 35.9 Å². The summed E-state index contributed by atoms with van der Waals surface area (Å²) in [5, 5.41) is 2.80. The smallest absolute Gasteiger partial charge is 0.220 e. The van der Waals surface area contributed by atoms with Gasteiger partial charge in [0.2, 0.25) is 5.91 Å². The summed E-state index contributed by atoms with van der Waals surface area (Å²) in [6.07, 6.45) is 1.36. The Bertz CT molecular complexity index is 311. The van der Waals surface area contributed by atoms with E-state index in [1.54, 1.807) is 0 Å². The van der Waals surface area contributed by atoms with Crippen LogP contribution in [-0.2, 0) is 4.79 Å². The Labute approximate surface area is 97.0 Å². The molecular weight excluding hydrogens is 200 g/mol. The van der Waals surface area contributed by atoms with E-state index in [0.717, 1.165) is 6.42 Å². The SMILES string of the molecule is CCNC(=O)CCC(CN)c1ccccc1. The zero-order chi connectivity index (χ0) is 11.8. The van der Waals surface area contributed by atoms with Gasteiger partial charge in [0.25, 0.3) is 0 Å². The molecule has 1 unspecified atom stereocenters. The fraction of sp³-hybridized carbons (Fsp3) is 0.462. The lowest BCUT2D eigenvalue weighted by Gasteiger charge is -2.14. The summed E-state index contributed by atoms with van der Waals surface area (Å²) in [6.45, 7) is 3.20. The summed E-state index contributed by atoms with van der Waals surface area (Å²) in [5.74, 6) is 0.390. The number of carbonyl (C=O) groups excluding carboxylic acids is 1. The normalized spacial score (nSPS) is 12.1. The number of nitrogens with two attached hydrogens (primary N) is 1. The highest BCUT2D eigenvalue weighted by Gasteiger charge is 2.11. The van der Waals surface area contributed by atoms with Crippen molar-refractivity contribution in [3.8, 4) is 0 Å². The van der Waals surface area contributed by atoms with Gasteiger partial charge in [-0.15, -0.1) is 0 Å². The molecule has 1 aromatic carbocycles. The summed E-state index contributed by atoms with van der Waals surface area (Å²) in [7, 11) is 0. The van der Waals surface area contributed by atoms with Gasteiger partial charge in [0.1, 0.15) is 0 Å². The van der Waals surface area contributed by atoms with Crippen LogP contribution in [0.25, 0.3) is 0 Å². The fourth-order valence-electron chi connectivity index (χ4n) is 1.74. The number of benzene rings is 1. The molecule has 0 heterocycles. The maximum atomic E-state index is 11.3. The number of hydrogen-bond donors (Lipinski definition) is 2. The summed E-state index contributed by atoms with van der Waals surface area (Å²) in [4.78, 5) is 11.3. The van der Waals surface area contributed by atoms with Gasteiger partial charge in [-0.3, -0.25) is 4.79 Å². The van der Waals surface area contributed by atoms with Gasteiger partial charge in [0, 0.05) is 13.0 Å². The lowest BCUT2D eigenvalue weighted by Crippen LogP contribution is -2.24. The van der Waals surface area contributed by atoms with Gasteiger partial charge in [-0.2, -0.15) is 0 Å². The zero-order valence-corrected chi connectivity index (χ0v) is 9.78. The van der Waals surface area contributed by atoms with Gasteiger partial charge in [0.15, 0.2) is 0 Å². The van der Waals surface area contributed by atoms with Crippen LogP contribution in [-0.4, -0.2) is 19.0 Å². The van der Waals surface area contributed by atoms with E-state index in [4.69, 9.17) is 5.73 Å². The maximum Gasteiger partial charge on any atom is 0.220 e. The number of rotatable bonds is 6. The number of nitrogens with one attached hydrogen (secondary N) is 1. The molecule has 1 aromatic rings. The van der Waals surface area contributed by atoms with Gasteiger partial charge < -0.3 is 11.1 Å². The molecule has 0 spiro atoms. The second-order valence-corrected chi connectivity index (χ2v) is 3.84. The molecule has 0 saturated heterocycles. The standard InChI is InChI=1S/C13H20N2O/c1-2-15-13(16)9-8-12(10-14)11-6-4-3-5-7-11/h3-7,12H,2,8-10,14H2,1H3,(H,15,16). The van der Waals surface area contributed by atoms with E-state index in [1.807, 2.05) is 25.1 Å². The summed E-state index contributed by atoms with van der Waals surface area (Å²) in [6, 6.07) is 10.1. The molecule has 16 heavy (non-hydrogen) atoms. The third-order valence-corrected chi connectivity index (χ3v) is 2.65. The molecule has 0 aliphatic rings. The first-order chi connectivity index (χ1) is 7.77. The van der Waals surface area contributed by atoms with Gasteiger partial charge in [-0.25, -0.2) is 0 Å². The fourth-order valence-corrected chi connectivity index (χ4v) is 1.74. The molecule has 0 aromatic heterocycles. The third-order valence-electron chi connectivity index (χ3n) is 2.65.